The van der Waals surface area contributed by atoms with E-state index in [9.17, 15) is 4.79 Å². The SMILES string of the molecule is COc1cc(SC)ccc1C(=O)Nc1nc(-c2ccncc2)cs1. The van der Waals surface area contributed by atoms with Gasteiger partial charge in [0, 0.05) is 28.2 Å². The van der Waals surface area contributed by atoms with Gasteiger partial charge in [-0.25, -0.2) is 4.98 Å². The van der Waals surface area contributed by atoms with E-state index in [4.69, 9.17) is 4.74 Å². The molecule has 0 saturated heterocycles. The number of nitrogens with zero attached hydrogens (tertiary/aromatic N) is 2. The number of pyridine rings is 1. The standard InChI is InChI=1S/C17H15N3O2S2/c1-22-15-9-12(23-2)3-4-13(15)16(21)20-17-19-14(10-24-17)11-5-7-18-8-6-11/h3-10H,1-2H3,(H,19,20,21). The van der Waals surface area contributed by atoms with Crippen LogP contribution in [0.3, 0.4) is 0 Å². The van der Waals surface area contributed by atoms with Crippen LogP contribution in [0.2, 0.25) is 0 Å². The van der Waals surface area contributed by atoms with E-state index < -0.39 is 0 Å². The van der Waals surface area contributed by atoms with Crippen LogP contribution in [0.4, 0.5) is 5.13 Å². The molecule has 0 spiro atoms. The number of thioether (sulfide) groups is 1. The molecule has 3 aromatic rings. The van der Waals surface area contributed by atoms with E-state index in [2.05, 4.69) is 15.3 Å². The van der Waals surface area contributed by atoms with Crippen LogP contribution in [0.15, 0.2) is 53.0 Å². The summed E-state index contributed by atoms with van der Waals surface area (Å²) in [6.07, 6.45) is 5.40. The van der Waals surface area contributed by atoms with Crippen molar-refractivity contribution in [1.82, 2.24) is 9.97 Å². The Balaban J connectivity index is 1.79. The maximum atomic E-state index is 12.5. The van der Waals surface area contributed by atoms with Crippen molar-refractivity contribution < 1.29 is 9.53 Å². The Morgan fingerprint density at radius 2 is 2.04 bits per heavy atom. The second kappa shape index (κ2) is 7.46. The third-order valence-electron chi connectivity index (χ3n) is 3.35. The van der Waals surface area contributed by atoms with Crippen molar-refractivity contribution in [3.63, 3.8) is 0 Å². The fourth-order valence-electron chi connectivity index (χ4n) is 2.14. The molecule has 1 amide bonds. The fourth-order valence-corrected chi connectivity index (χ4v) is 3.28. The molecule has 0 bridgehead atoms. The van der Waals surface area contributed by atoms with Crippen molar-refractivity contribution in [3.8, 4) is 17.0 Å². The predicted molar refractivity (Wildman–Crippen MR) is 98.1 cm³/mol. The van der Waals surface area contributed by atoms with Gasteiger partial charge < -0.3 is 4.74 Å². The lowest BCUT2D eigenvalue weighted by Crippen LogP contribution is -2.13. The lowest BCUT2D eigenvalue weighted by Gasteiger charge is -2.09. The van der Waals surface area contributed by atoms with Crippen molar-refractivity contribution in [2.45, 2.75) is 4.90 Å². The number of amides is 1. The Morgan fingerprint density at radius 1 is 1.25 bits per heavy atom. The number of benzene rings is 1. The quantitative estimate of drug-likeness (QED) is 0.694. The zero-order chi connectivity index (χ0) is 16.9. The van der Waals surface area contributed by atoms with Crippen LogP contribution in [-0.2, 0) is 0 Å². The van der Waals surface area contributed by atoms with Crippen LogP contribution in [0.5, 0.6) is 5.75 Å². The molecule has 0 atom stereocenters. The predicted octanol–water partition coefficient (Wildman–Crippen LogP) is 4.19. The number of rotatable bonds is 5. The summed E-state index contributed by atoms with van der Waals surface area (Å²) in [5.41, 5.74) is 2.25. The first-order valence-electron chi connectivity index (χ1n) is 7.10. The van der Waals surface area contributed by atoms with Gasteiger partial charge in [0.15, 0.2) is 5.13 Å². The van der Waals surface area contributed by atoms with E-state index in [0.717, 1.165) is 16.2 Å². The Bertz CT molecular complexity index is 850. The van der Waals surface area contributed by atoms with E-state index >= 15 is 0 Å². The summed E-state index contributed by atoms with van der Waals surface area (Å²) >= 11 is 2.98. The highest BCUT2D eigenvalue weighted by atomic mass is 32.2. The third kappa shape index (κ3) is 3.58. The lowest BCUT2D eigenvalue weighted by molar-refractivity contribution is 0.102. The highest BCUT2D eigenvalue weighted by molar-refractivity contribution is 7.98. The summed E-state index contributed by atoms with van der Waals surface area (Å²) in [6.45, 7) is 0. The molecule has 0 saturated carbocycles. The lowest BCUT2D eigenvalue weighted by atomic mass is 10.2. The molecule has 3 rings (SSSR count). The molecule has 0 aliphatic carbocycles. The molecule has 0 radical (unpaired) electrons. The minimum absolute atomic E-state index is 0.241. The third-order valence-corrected chi connectivity index (χ3v) is 4.84. The Hall–Kier alpha value is -2.38. The molecule has 0 aliphatic rings. The summed E-state index contributed by atoms with van der Waals surface area (Å²) in [5, 5.41) is 5.27. The second-order valence-corrected chi connectivity index (χ2v) is 6.53. The van der Waals surface area contributed by atoms with E-state index in [1.807, 2.05) is 35.9 Å². The second-order valence-electron chi connectivity index (χ2n) is 4.79. The van der Waals surface area contributed by atoms with E-state index in [1.165, 1.54) is 11.3 Å². The molecule has 0 fully saturated rings. The van der Waals surface area contributed by atoms with Crippen LogP contribution in [0, 0.1) is 0 Å². The number of hydrogen-bond acceptors (Lipinski definition) is 6. The first-order chi connectivity index (χ1) is 11.7. The van der Waals surface area contributed by atoms with Crippen LogP contribution in [0.25, 0.3) is 11.3 Å². The van der Waals surface area contributed by atoms with Gasteiger partial charge in [0.05, 0.1) is 18.4 Å². The molecule has 122 valence electrons. The topological polar surface area (TPSA) is 64.1 Å². The van der Waals surface area contributed by atoms with Gasteiger partial charge in [0.1, 0.15) is 5.75 Å². The van der Waals surface area contributed by atoms with E-state index in [-0.39, 0.29) is 5.91 Å². The number of anilines is 1. The number of carbonyl (C=O) groups is 1. The number of ether oxygens (including phenoxy) is 1. The van der Waals surface area contributed by atoms with Crippen molar-refractivity contribution in [3.05, 3.63) is 53.7 Å². The number of methoxy groups -OCH3 is 1. The molecule has 1 N–H and O–H groups in total. The van der Waals surface area contributed by atoms with Crippen molar-refractivity contribution in [2.24, 2.45) is 0 Å². The van der Waals surface area contributed by atoms with Gasteiger partial charge in [0.25, 0.3) is 5.91 Å². The Labute approximate surface area is 148 Å². The largest absolute Gasteiger partial charge is 0.496 e. The Kier molecular flexibility index (Phi) is 5.12. The maximum absolute atomic E-state index is 12.5. The Morgan fingerprint density at radius 3 is 2.75 bits per heavy atom. The molecule has 7 heteroatoms. The van der Waals surface area contributed by atoms with Crippen molar-refractivity contribution in [2.75, 3.05) is 18.7 Å². The summed E-state index contributed by atoms with van der Waals surface area (Å²) in [7, 11) is 1.56. The minimum Gasteiger partial charge on any atom is -0.496 e. The van der Waals surface area contributed by atoms with Gasteiger partial charge in [0.2, 0.25) is 0 Å². The number of carbonyl (C=O) groups excluding carboxylic acids is 1. The monoisotopic (exact) mass is 357 g/mol. The minimum atomic E-state index is -0.241. The van der Waals surface area contributed by atoms with Crippen LogP contribution in [-0.4, -0.2) is 29.2 Å². The molecule has 2 aromatic heterocycles. The molecular weight excluding hydrogens is 342 g/mol. The average Bonchev–Trinajstić information content (AvgIpc) is 3.10. The number of nitrogens with one attached hydrogen (secondary N) is 1. The molecule has 2 heterocycles. The zero-order valence-corrected chi connectivity index (χ0v) is 14.8. The van der Waals surface area contributed by atoms with Crippen molar-refractivity contribution in [1.29, 1.82) is 0 Å². The summed E-state index contributed by atoms with van der Waals surface area (Å²) in [4.78, 5) is 22.0. The number of hydrogen-bond donors (Lipinski definition) is 1. The first-order valence-corrected chi connectivity index (χ1v) is 9.21. The van der Waals surface area contributed by atoms with Crippen LogP contribution >= 0.6 is 23.1 Å². The van der Waals surface area contributed by atoms with E-state index in [0.29, 0.717) is 16.4 Å². The van der Waals surface area contributed by atoms with Gasteiger partial charge in [-0.1, -0.05) is 0 Å². The highest BCUT2D eigenvalue weighted by Crippen LogP contribution is 2.28. The molecule has 0 aliphatic heterocycles. The van der Waals surface area contributed by atoms with Crippen molar-refractivity contribution >= 4 is 34.1 Å². The van der Waals surface area contributed by atoms with Gasteiger partial charge >= 0.3 is 0 Å². The normalized spacial score (nSPS) is 10.4. The number of thiazole rings is 1. The molecular formula is C17H15N3O2S2. The summed E-state index contributed by atoms with van der Waals surface area (Å²) in [5.74, 6) is 0.306. The average molecular weight is 357 g/mol. The van der Waals surface area contributed by atoms with E-state index in [1.54, 1.807) is 37.3 Å². The molecule has 5 nitrogen and oxygen atoms in total. The number of aromatic nitrogens is 2. The van der Waals surface area contributed by atoms with Crippen LogP contribution in [0.1, 0.15) is 10.4 Å². The van der Waals surface area contributed by atoms with Crippen LogP contribution < -0.4 is 10.1 Å². The molecule has 1 aromatic carbocycles. The highest BCUT2D eigenvalue weighted by Gasteiger charge is 2.15. The van der Waals surface area contributed by atoms with Gasteiger partial charge in [-0.3, -0.25) is 15.1 Å². The van der Waals surface area contributed by atoms with Gasteiger partial charge in [-0.2, -0.15) is 0 Å². The summed E-state index contributed by atoms with van der Waals surface area (Å²) < 4.78 is 5.32. The van der Waals surface area contributed by atoms with Gasteiger partial charge in [-0.15, -0.1) is 23.1 Å². The molecule has 0 unspecified atom stereocenters. The summed E-state index contributed by atoms with van der Waals surface area (Å²) in [6, 6.07) is 9.27. The first kappa shape index (κ1) is 16.5. The van der Waals surface area contributed by atoms with Gasteiger partial charge in [-0.05, 0) is 36.6 Å². The maximum Gasteiger partial charge on any atom is 0.261 e. The fraction of sp³-hybridized carbons (Fsp3) is 0.118. The smallest absolute Gasteiger partial charge is 0.261 e. The zero-order valence-electron chi connectivity index (χ0n) is 13.1. The molecule has 24 heavy (non-hydrogen) atoms.